The van der Waals surface area contributed by atoms with Gasteiger partial charge in [-0.2, -0.15) is 0 Å². The molecule has 1 amide bonds. The fourth-order valence-electron chi connectivity index (χ4n) is 4.38. The van der Waals surface area contributed by atoms with E-state index < -0.39 is 0 Å². The number of hydrogen-bond donors (Lipinski definition) is 1. The molecule has 2 heterocycles. The zero-order valence-corrected chi connectivity index (χ0v) is 13.6. The number of fused-ring (bicyclic) bond motifs is 2. The Morgan fingerprint density at radius 3 is 2.74 bits per heavy atom. The summed E-state index contributed by atoms with van der Waals surface area (Å²) in [5, 5.41) is 1.24. The molecule has 1 aromatic heterocycles. The van der Waals surface area contributed by atoms with Crippen molar-refractivity contribution in [2.45, 2.75) is 31.8 Å². The largest absolute Gasteiger partial charge is 0.381 e. The zero-order chi connectivity index (χ0) is 15.8. The Kier molecular flexibility index (Phi) is 3.85. The second kappa shape index (κ2) is 6.00. The van der Waals surface area contributed by atoms with Crippen LogP contribution in [0.1, 0.15) is 24.8 Å². The average molecular weight is 312 g/mol. The maximum absolute atomic E-state index is 12.5. The molecule has 2 aliphatic rings. The number of nitrogens with one attached hydrogen (secondary N) is 1. The van der Waals surface area contributed by atoms with E-state index in [0.29, 0.717) is 30.3 Å². The fraction of sp³-hybridized carbons (Fsp3) is 0.526. The van der Waals surface area contributed by atoms with Gasteiger partial charge >= 0.3 is 0 Å². The van der Waals surface area contributed by atoms with Crippen LogP contribution in [-0.2, 0) is 16.0 Å². The summed E-state index contributed by atoms with van der Waals surface area (Å²) in [6, 6.07) is 8.28. The first-order valence-corrected chi connectivity index (χ1v) is 8.60. The summed E-state index contributed by atoms with van der Waals surface area (Å²) < 4.78 is 5.47. The Morgan fingerprint density at radius 2 is 2.00 bits per heavy atom. The van der Waals surface area contributed by atoms with E-state index in [1.54, 1.807) is 7.11 Å². The topological polar surface area (TPSA) is 45.3 Å². The summed E-state index contributed by atoms with van der Waals surface area (Å²) in [7, 11) is 1.80. The Hall–Kier alpha value is -1.81. The highest BCUT2D eigenvalue weighted by Gasteiger charge is 2.42. The van der Waals surface area contributed by atoms with Gasteiger partial charge in [0.15, 0.2) is 0 Å². The van der Waals surface area contributed by atoms with E-state index in [1.807, 2.05) is 12.3 Å². The van der Waals surface area contributed by atoms with Crippen molar-refractivity contribution in [2.75, 3.05) is 20.2 Å². The summed E-state index contributed by atoms with van der Waals surface area (Å²) in [6.45, 7) is 1.86. The lowest BCUT2D eigenvalue weighted by Gasteiger charge is -2.19. The molecule has 2 aromatic rings. The molecule has 1 saturated heterocycles. The van der Waals surface area contributed by atoms with Gasteiger partial charge in [0.1, 0.15) is 0 Å². The van der Waals surface area contributed by atoms with Crippen LogP contribution in [0.3, 0.4) is 0 Å². The van der Waals surface area contributed by atoms with Crippen LogP contribution in [0.25, 0.3) is 10.9 Å². The quantitative estimate of drug-likeness (QED) is 0.943. The monoisotopic (exact) mass is 312 g/mol. The number of aryl methyl sites for hydroxylation is 1. The number of aromatic nitrogens is 1. The second-order valence-corrected chi connectivity index (χ2v) is 7.01. The van der Waals surface area contributed by atoms with E-state index in [2.05, 4.69) is 28.1 Å². The molecule has 2 fully saturated rings. The third kappa shape index (κ3) is 2.76. The highest BCUT2D eigenvalue weighted by Crippen LogP contribution is 2.39. The number of para-hydroxylation sites is 1. The minimum Gasteiger partial charge on any atom is -0.381 e. The lowest BCUT2D eigenvalue weighted by atomic mass is 10.0. The first-order chi connectivity index (χ1) is 11.2. The molecule has 0 radical (unpaired) electrons. The normalized spacial score (nSPS) is 26.8. The summed E-state index contributed by atoms with van der Waals surface area (Å²) >= 11 is 0. The number of likely N-dealkylation sites (tertiary alicyclic amines) is 1. The average Bonchev–Trinajstić information content (AvgIpc) is 3.25. The van der Waals surface area contributed by atoms with Crippen molar-refractivity contribution >= 4 is 16.8 Å². The van der Waals surface area contributed by atoms with Crippen LogP contribution < -0.4 is 0 Å². The van der Waals surface area contributed by atoms with E-state index in [1.165, 1.54) is 10.9 Å². The molecule has 0 bridgehead atoms. The molecule has 4 heteroatoms. The number of carbonyl (C=O) groups excluding carboxylic acids is 1. The first-order valence-electron chi connectivity index (χ1n) is 8.60. The SMILES string of the molecule is COC1C[C@@H]2CN(C(=O)CCc3c[nH]c4ccccc34)C[C@@H]2C1. The van der Waals surface area contributed by atoms with Gasteiger partial charge in [-0.3, -0.25) is 4.79 Å². The van der Waals surface area contributed by atoms with Gasteiger partial charge in [-0.15, -0.1) is 0 Å². The predicted molar refractivity (Wildman–Crippen MR) is 90.2 cm³/mol. The van der Waals surface area contributed by atoms with Crippen molar-refractivity contribution in [1.29, 1.82) is 0 Å². The Bertz CT molecular complexity index is 694. The van der Waals surface area contributed by atoms with E-state index in [9.17, 15) is 4.79 Å². The number of rotatable bonds is 4. The van der Waals surface area contributed by atoms with E-state index in [4.69, 9.17) is 4.74 Å². The number of amides is 1. The lowest BCUT2D eigenvalue weighted by Crippen LogP contribution is -2.30. The predicted octanol–water partition coefficient (Wildman–Crippen LogP) is 2.98. The zero-order valence-electron chi connectivity index (χ0n) is 13.6. The van der Waals surface area contributed by atoms with Gasteiger partial charge < -0.3 is 14.6 Å². The Labute approximate surface area is 136 Å². The number of methoxy groups -OCH3 is 1. The third-order valence-electron chi connectivity index (χ3n) is 5.68. The van der Waals surface area contributed by atoms with Crippen molar-refractivity contribution in [3.05, 3.63) is 36.0 Å². The van der Waals surface area contributed by atoms with Gasteiger partial charge in [-0.1, -0.05) is 18.2 Å². The minimum atomic E-state index is 0.304. The number of nitrogens with zero attached hydrogens (tertiary/aromatic N) is 1. The molecule has 1 aromatic carbocycles. The number of carbonyl (C=O) groups is 1. The molecule has 1 N–H and O–H groups in total. The van der Waals surface area contributed by atoms with Crippen LogP contribution in [0.5, 0.6) is 0 Å². The summed E-state index contributed by atoms with van der Waals surface area (Å²) in [5.41, 5.74) is 2.39. The molecule has 23 heavy (non-hydrogen) atoms. The van der Waals surface area contributed by atoms with Gasteiger partial charge in [0.25, 0.3) is 0 Å². The van der Waals surface area contributed by atoms with Gasteiger partial charge in [0.05, 0.1) is 6.10 Å². The molecule has 1 saturated carbocycles. The first kappa shape index (κ1) is 14.8. The molecular weight excluding hydrogens is 288 g/mol. The van der Waals surface area contributed by atoms with E-state index in [0.717, 1.165) is 37.9 Å². The van der Waals surface area contributed by atoms with Gasteiger partial charge in [0, 0.05) is 43.7 Å². The molecule has 0 spiro atoms. The number of H-pyrrole nitrogens is 1. The molecular formula is C19H24N2O2. The number of aromatic amines is 1. The molecule has 1 aliphatic heterocycles. The summed E-state index contributed by atoms with van der Waals surface area (Å²) in [4.78, 5) is 17.9. The maximum Gasteiger partial charge on any atom is 0.222 e. The number of benzene rings is 1. The van der Waals surface area contributed by atoms with Crippen molar-refractivity contribution in [1.82, 2.24) is 9.88 Å². The van der Waals surface area contributed by atoms with Gasteiger partial charge in [0.2, 0.25) is 5.91 Å². The van der Waals surface area contributed by atoms with E-state index in [-0.39, 0.29) is 0 Å². The molecule has 1 unspecified atom stereocenters. The second-order valence-electron chi connectivity index (χ2n) is 7.01. The van der Waals surface area contributed by atoms with Crippen LogP contribution in [0.4, 0.5) is 0 Å². The highest BCUT2D eigenvalue weighted by molar-refractivity contribution is 5.84. The molecule has 1 aliphatic carbocycles. The van der Waals surface area contributed by atoms with Crippen molar-refractivity contribution in [3.8, 4) is 0 Å². The van der Waals surface area contributed by atoms with Crippen LogP contribution in [0.2, 0.25) is 0 Å². The van der Waals surface area contributed by atoms with Crippen molar-refractivity contribution < 1.29 is 9.53 Å². The number of ether oxygens (including phenoxy) is 1. The Balaban J connectivity index is 1.35. The lowest BCUT2D eigenvalue weighted by molar-refractivity contribution is -0.130. The van der Waals surface area contributed by atoms with Crippen LogP contribution in [-0.4, -0.2) is 42.1 Å². The summed E-state index contributed by atoms with van der Waals surface area (Å²) in [6.07, 6.45) is 6.11. The smallest absolute Gasteiger partial charge is 0.222 e. The third-order valence-corrected chi connectivity index (χ3v) is 5.68. The van der Waals surface area contributed by atoms with Crippen LogP contribution in [0, 0.1) is 11.8 Å². The minimum absolute atomic E-state index is 0.304. The molecule has 122 valence electrons. The molecule has 3 atom stereocenters. The van der Waals surface area contributed by atoms with E-state index >= 15 is 0 Å². The molecule has 4 nitrogen and oxygen atoms in total. The highest BCUT2D eigenvalue weighted by atomic mass is 16.5. The maximum atomic E-state index is 12.5. The summed E-state index contributed by atoms with van der Waals surface area (Å²) in [5.74, 6) is 1.60. The van der Waals surface area contributed by atoms with Gasteiger partial charge in [-0.05, 0) is 42.7 Å². The van der Waals surface area contributed by atoms with Gasteiger partial charge in [-0.25, -0.2) is 0 Å². The van der Waals surface area contributed by atoms with Crippen molar-refractivity contribution in [3.63, 3.8) is 0 Å². The molecule has 4 rings (SSSR count). The van der Waals surface area contributed by atoms with Crippen molar-refractivity contribution in [2.24, 2.45) is 11.8 Å². The van der Waals surface area contributed by atoms with Crippen LogP contribution in [0.15, 0.2) is 30.5 Å². The van der Waals surface area contributed by atoms with Crippen LogP contribution >= 0.6 is 0 Å². The fourth-order valence-corrected chi connectivity index (χ4v) is 4.38. The number of hydrogen-bond acceptors (Lipinski definition) is 2. The standard InChI is InChI=1S/C19H24N2O2/c1-23-16-8-14-11-21(12-15(14)9-16)19(22)7-6-13-10-20-18-5-3-2-4-17(13)18/h2-5,10,14-16,20H,6-9,11-12H2,1H3/t14-,15+,16?. The Morgan fingerprint density at radius 1 is 1.26 bits per heavy atom.